The van der Waals surface area contributed by atoms with Gasteiger partial charge in [0.15, 0.2) is 11.2 Å². The minimum atomic E-state index is 0.0677. The van der Waals surface area contributed by atoms with Crippen LogP contribution in [0, 0.1) is 0 Å². The summed E-state index contributed by atoms with van der Waals surface area (Å²) in [4.78, 5) is 12.5. The maximum atomic E-state index is 5.93. The topological polar surface area (TPSA) is 78.8 Å². The van der Waals surface area contributed by atoms with E-state index >= 15 is 0 Å². The van der Waals surface area contributed by atoms with Crippen LogP contribution < -0.4 is 10.5 Å². The van der Waals surface area contributed by atoms with Gasteiger partial charge in [0.25, 0.3) is 0 Å². The average molecular weight is 219 g/mol. The first-order valence-electron chi connectivity index (χ1n) is 5.19. The van der Waals surface area contributed by atoms with Crippen LogP contribution in [0.3, 0.4) is 0 Å². The van der Waals surface area contributed by atoms with Gasteiger partial charge in [-0.3, -0.25) is 4.57 Å². The van der Waals surface area contributed by atoms with Gasteiger partial charge in [-0.05, 0) is 19.8 Å². The normalized spacial score (nSPS) is 17.6. The zero-order chi connectivity index (χ0) is 11.3. The molecule has 1 aliphatic carbocycles. The molecule has 0 aromatic carbocycles. The Morgan fingerprint density at radius 1 is 1.44 bits per heavy atom. The molecule has 0 amide bonds. The maximum Gasteiger partial charge on any atom is 0.245 e. The SMILES string of the molecule is COc1ncnc2c1nc(N)n2C1(C)CC1. The molecule has 2 aromatic heterocycles. The maximum absolute atomic E-state index is 5.93. The average Bonchev–Trinajstić information content (AvgIpc) is 2.90. The third-order valence-electron chi connectivity index (χ3n) is 3.14. The molecule has 0 spiro atoms. The standard InChI is InChI=1S/C10H13N5O/c1-10(3-4-10)15-7-6(14-9(15)11)8(16-2)13-5-12-7/h5H,3-4H2,1-2H3,(H2,11,14). The molecule has 0 unspecified atom stereocenters. The van der Waals surface area contributed by atoms with Crippen molar-refractivity contribution >= 4 is 17.1 Å². The molecule has 1 saturated carbocycles. The highest BCUT2D eigenvalue weighted by Crippen LogP contribution is 2.46. The fourth-order valence-corrected chi connectivity index (χ4v) is 1.97. The summed E-state index contributed by atoms with van der Waals surface area (Å²) >= 11 is 0. The van der Waals surface area contributed by atoms with Gasteiger partial charge in [0.2, 0.25) is 11.8 Å². The first-order valence-corrected chi connectivity index (χ1v) is 5.19. The molecule has 3 rings (SSSR count). The van der Waals surface area contributed by atoms with E-state index in [0.29, 0.717) is 17.3 Å². The molecule has 0 bridgehead atoms. The summed E-state index contributed by atoms with van der Waals surface area (Å²) < 4.78 is 7.13. The summed E-state index contributed by atoms with van der Waals surface area (Å²) in [6, 6.07) is 0. The lowest BCUT2D eigenvalue weighted by Gasteiger charge is -2.12. The van der Waals surface area contributed by atoms with Gasteiger partial charge in [-0.25, -0.2) is 9.97 Å². The van der Waals surface area contributed by atoms with Crippen LogP contribution in [0.25, 0.3) is 11.2 Å². The summed E-state index contributed by atoms with van der Waals surface area (Å²) in [7, 11) is 1.57. The molecule has 1 fully saturated rings. The number of fused-ring (bicyclic) bond motifs is 1. The number of nitrogens with zero attached hydrogens (tertiary/aromatic N) is 4. The fourth-order valence-electron chi connectivity index (χ4n) is 1.97. The highest BCUT2D eigenvalue weighted by atomic mass is 16.5. The number of methoxy groups -OCH3 is 1. The molecule has 1 aliphatic rings. The molecular formula is C10H13N5O. The number of hydrogen-bond donors (Lipinski definition) is 1. The summed E-state index contributed by atoms with van der Waals surface area (Å²) in [6.07, 6.45) is 3.69. The molecular weight excluding hydrogens is 206 g/mol. The predicted molar refractivity (Wildman–Crippen MR) is 59.2 cm³/mol. The summed E-state index contributed by atoms with van der Waals surface area (Å²) in [5, 5.41) is 0. The minimum Gasteiger partial charge on any atom is -0.479 e. The molecule has 84 valence electrons. The molecule has 6 nitrogen and oxygen atoms in total. The van der Waals surface area contributed by atoms with Gasteiger partial charge in [0.1, 0.15) is 6.33 Å². The van der Waals surface area contributed by atoms with Crippen LogP contribution in [0.4, 0.5) is 5.95 Å². The summed E-state index contributed by atoms with van der Waals surface area (Å²) in [5.41, 5.74) is 7.39. The summed E-state index contributed by atoms with van der Waals surface area (Å²) in [6.45, 7) is 2.15. The first kappa shape index (κ1) is 9.38. The van der Waals surface area contributed by atoms with E-state index in [-0.39, 0.29) is 5.54 Å². The molecule has 0 radical (unpaired) electrons. The number of aromatic nitrogens is 4. The molecule has 2 aromatic rings. The minimum absolute atomic E-state index is 0.0677. The van der Waals surface area contributed by atoms with E-state index in [2.05, 4.69) is 21.9 Å². The Morgan fingerprint density at radius 3 is 2.81 bits per heavy atom. The number of nitrogen functional groups attached to an aromatic ring is 1. The number of hydrogen-bond acceptors (Lipinski definition) is 5. The Balaban J connectivity index is 2.33. The number of rotatable bonds is 2. The van der Waals surface area contributed by atoms with Crippen LogP contribution in [0.15, 0.2) is 6.33 Å². The van der Waals surface area contributed by atoms with Crippen LogP contribution >= 0.6 is 0 Å². The van der Waals surface area contributed by atoms with E-state index in [1.807, 2.05) is 4.57 Å². The Morgan fingerprint density at radius 2 is 2.19 bits per heavy atom. The second kappa shape index (κ2) is 2.84. The van der Waals surface area contributed by atoms with Gasteiger partial charge in [-0.15, -0.1) is 0 Å². The van der Waals surface area contributed by atoms with Gasteiger partial charge in [-0.1, -0.05) is 0 Å². The third-order valence-corrected chi connectivity index (χ3v) is 3.14. The molecule has 0 saturated heterocycles. The fraction of sp³-hybridized carbons (Fsp3) is 0.500. The van der Waals surface area contributed by atoms with Crippen molar-refractivity contribution in [3.8, 4) is 5.88 Å². The lowest BCUT2D eigenvalue weighted by Crippen LogP contribution is -2.15. The number of imidazole rings is 1. The molecule has 2 N–H and O–H groups in total. The van der Waals surface area contributed by atoms with E-state index in [4.69, 9.17) is 10.5 Å². The van der Waals surface area contributed by atoms with Crippen molar-refractivity contribution in [3.05, 3.63) is 6.33 Å². The molecule has 16 heavy (non-hydrogen) atoms. The van der Waals surface area contributed by atoms with Crippen molar-refractivity contribution in [1.29, 1.82) is 0 Å². The van der Waals surface area contributed by atoms with Crippen molar-refractivity contribution in [2.75, 3.05) is 12.8 Å². The van der Waals surface area contributed by atoms with E-state index in [1.165, 1.54) is 6.33 Å². The lowest BCUT2D eigenvalue weighted by atomic mass is 10.3. The zero-order valence-corrected chi connectivity index (χ0v) is 9.27. The van der Waals surface area contributed by atoms with E-state index in [0.717, 1.165) is 18.5 Å². The highest BCUT2D eigenvalue weighted by molar-refractivity contribution is 5.79. The third kappa shape index (κ3) is 1.09. The van der Waals surface area contributed by atoms with Crippen LogP contribution in [0.5, 0.6) is 5.88 Å². The van der Waals surface area contributed by atoms with Crippen molar-refractivity contribution < 1.29 is 4.74 Å². The van der Waals surface area contributed by atoms with Crippen molar-refractivity contribution in [1.82, 2.24) is 19.5 Å². The summed E-state index contributed by atoms with van der Waals surface area (Å²) in [5.74, 6) is 0.952. The quantitative estimate of drug-likeness (QED) is 0.812. The van der Waals surface area contributed by atoms with E-state index < -0.39 is 0 Å². The molecule has 0 atom stereocenters. The van der Waals surface area contributed by atoms with Crippen LogP contribution in [-0.4, -0.2) is 26.6 Å². The van der Waals surface area contributed by atoms with Gasteiger partial charge < -0.3 is 10.5 Å². The largest absolute Gasteiger partial charge is 0.479 e. The van der Waals surface area contributed by atoms with Crippen molar-refractivity contribution in [2.24, 2.45) is 0 Å². The second-order valence-electron chi connectivity index (χ2n) is 4.36. The Labute approximate surface area is 92.5 Å². The molecule has 0 aliphatic heterocycles. The van der Waals surface area contributed by atoms with Gasteiger partial charge in [0, 0.05) is 5.54 Å². The van der Waals surface area contributed by atoms with Crippen molar-refractivity contribution in [3.63, 3.8) is 0 Å². The van der Waals surface area contributed by atoms with E-state index in [9.17, 15) is 0 Å². The van der Waals surface area contributed by atoms with E-state index in [1.54, 1.807) is 7.11 Å². The molecule has 6 heteroatoms. The monoisotopic (exact) mass is 219 g/mol. The molecule has 2 heterocycles. The zero-order valence-electron chi connectivity index (χ0n) is 9.27. The predicted octanol–water partition coefficient (Wildman–Crippen LogP) is 0.926. The number of anilines is 1. The Bertz CT molecular complexity index is 558. The number of ether oxygens (including phenoxy) is 1. The lowest BCUT2D eigenvalue weighted by molar-refractivity contribution is 0.401. The first-order chi connectivity index (χ1) is 7.65. The van der Waals surface area contributed by atoms with Crippen LogP contribution in [0.1, 0.15) is 19.8 Å². The van der Waals surface area contributed by atoms with Crippen LogP contribution in [0.2, 0.25) is 0 Å². The van der Waals surface area contributed by atoms with Crippen LogP contribution in [-0.2, 0) is 5.54 Å². The Kier molecular flexibility index (Phi) is 1.66. The highest BCUT2D eigenvalue weighted by Gasteiger charge is 2.42. The number of nitrogens with two attached hydrogens (primary N) is 1. The van der Waals surface area contributed by atoms with Gasteiger partial charge >= 0.3 is 0 Å². The van der Waals surface area contributed by atoms with Gasteiger partial charge in [-0.2, -0.15) is 4.98 Å². The second-order valence-corrected chi connectivity index (χ2v) is 4.36. The van der Waals surface area contributed by atoms with Crippen molar-refractivity contribution in [2.45, 2.75) is 25.3 Å². The Hall–Kier alpha value is -1.85. The smallest absolute Gasteiger partial charge is 0.245 e. The van der Waals surface area contributed by atoms with Gasteiger partial charge in [0.05, 0.1) is 7.11 Å².